The van der Waals surface area contributed by atoms with Crippen molar-refractivity contribution in [2.75, 3.05) is 38.8 Å². The lowest BCUT2D eigenvalue weighted by Crippen LogP contribution is -2.54. The van der Waals surface area contributed by atoms with Crippen LogP contribution >= 0.6 is 11.6 Å². The van der Waals surface area contributed by atoms with Crippen molar-refractivity contribution in [2.45, 2.75) is 33.4 Å². The Morgan fingerprint density at radius 2 is 1.97 bits per heavy atom. The van der Waals surface area contributed by atoms with E-state index in [-0.39, 0.29) is 24.1 Å². The van der Waals surface area contributed by atoms with Crippen molar-refractivity contribution in [3.05, 3.63) is 46.3 Å². The molecular weight excluding hydrogens is 474 g/mol. The van der Waals surface area contributed by atoms with E-state index in [2.05, 4.69) is 15.2 Å². The van der Waals surface area contributed by atoms with Crippen LogP contribution in [0.15, 0.2) is 28.8 Å². The number of halogens is 1. The van der Waals surface area contributed by atoms with Gasteiger partial charge in [0.25, 0.3) is 0 Å². The molecule has 0 radical (unpaired) electrons. The molecule has 10 nitrogen and oxygen atoms in total. The molecule has 11 heteroatoms. The minimum absolute atomic E-state index is 0.00817. The number of aryl methyl sites for hydroxylation is 1. The summed E-state index contributed by atoms with van der Waals surface area (Å²) in [7, 11) is 2.89. The summed E-state index contributed by atoms with van der Waals surface area (Å²) in [6.45, 7) is 7.36. The van der Waals surface area contributed by atoms with Crippen molar-refractivity contribution in [1.82, 2.24) is 19.8 Å². The topological polar surface area (TPSA) is 103 Å². The van der Waals surface area contributed by atoms with Crippen LogP contribution in [0.2, 0.25) is 5.02 Å². The fourth-order valence-corrected chi connectivity index (χ4v) is 4.53. The molecule has 1 aliphatic heterocycles. The van der Waals surface area contributed by atoms with Crippen LogP contribution in [0.1, 0.15) is 28.7 Å². The van der Waals surface area contributed by atoms with E-state index in [9.17, 15) is 9.59 Å². The predicted molar refractivity (Wildman–Crippen MR) is 130 cm³/mol. The monoisotopic (exact) mass is 501 g/mol. The smallest absolute Gasteiger partial charge is 0.342 e. The van der Waals surface area contributed by atoms with Crippen LogP contribution in [0.4, 0.5) is 5.69 Å². The zero-order valence-corrected chi connectivity index (χ0v) is 21.1. The molecule has 1 aliphatic rings. The summed E-state index contributed by atoms with van der Waals surface area (Å²) in [6.07, 6.45) is 0. The van der Waals surface area contributed by atoms with E-state index in [1.807, 2.05) is 30.0 Å². The van der Waals surface area contributed by atoms with Gasteiger partial charge in [0.05, 0.1) is 24.9 Å². The number of hydrogen-bond donors (Lipinski definition) is 0. The van der Waals surface area contributed by atoms with E-state index in [0.717, 1.165) is 5.69 Å². The number of carbonyl (C=O) groups excluding carboxylic acids is 2. The molecule has 1 amide bonds. The molecule has 0 spiro atoms. The van der Waals surface area contributed by atoms with Gasteiger partial charge in [0.15, 0.2) is 0 Å². The number of carbonyl (C=O) groups is 2. The van der Waals surface area contributed by atoms with Gasteiger partial charge in [0.1, 0.15) is 35.0 Å². The van der Waals surface area contributed by atoms with Crippen LogP contribution in [-0.2, 0) is 16.1 Å². The van der Waals surface area contributed by atoms with E-state index < -0.39 is 5.97 Å². The molecule has 0 bridgehead atoms. The molecule has 3 heterocycles. The molecule has 3 aromatic rings. The standard InChI is InChI=1S/C24H28ClN5O5/c1-14-12-28(17-6-7-18(25)20(11-17)33-4)8-9-29(14)21(31)13-30-16(3)22(24(32)34-5)23(26-30)19-10-15(2)35-27-19/h6-7,10-11,14H,8-9,12-13H2,1-5H3. The Balaban J connectivity index is 1.51. The fourth-order valence-electron chi connectivity index (χ4n) is 4.33. The maximum atomic E-state index is 13.3. The van der Waals surface area contributed by atoms with Gasteiger partial charge in [-0.15, -0.1) is 0 Å². The van der Waals surface area contributed by atoms with Gasteiger partial charge >= 0.3 is 5.97 Å². The Bertz CT molecular complexity index is 1250. The lowest BCUT2D eigenvalue weighted by atomic mass is 10.1. The largest absolute Gasteiger partial charge is 0.495 e. The quantitative estimate of drug-likeness (QED) is 0.474. The zero-order chi connectivity index (χ0) is 25.3. The fraction of sp³-hybridized carbons (Fsp3) is 0.417. The van der Waals surface area contributed by atoms with Crippen molar-refractivity contribution < 1.29 is 23.6 Å². The lowest BCUT2D eigenvalue weighted by molar-refractivity contribution is -0.134. The molecule has 0 saturated carbocycles. The maximum absolute atomic E-state index is 13.3. The highest BCUT2D eigenvalue weighted by molar-refractivity contribution is 6.32. The molecule has 0 N–H and O–H groups in total. The highest BCUT2D eigenvalue weighted by Gasteiger charge is 2.30. The van der Waals surface area contributed by atoms with E-state index >= 15 is 0 Å². The number of esters is 1. The SMILES string of the molecule is COC(=O)c1c(-c2cc(C)on2)nn(CC(=O)N2CCN(c3ccc(Cl)c(OC)c3)CC2C)c1C. The number of benzene rings is 1. The first-order valence-electron chi connectivity index (χ1n) is 11.2. The molecule has 0 aliphatic carbocycles. The van der Waals surface area contributed by atoms with Crippen LogP contribution < -0.4 is 9.64 Å². The molecule has 2 aromatic heterocycles. The number of ether oxygens (including phenoxy) is 2. The summed E-state index contributed by atoms with van der Waals surface area (Å²) in [5.41, 5.74) is 2.53. The van der Waals surface area contributed by atoms with E-state index in [4.69, 9.17) is 25.6 Å². The highest BCUT2D eigenvalue weighted by atomic mass is 35.5. The molecule has 1 atom stereocenters. The maximum Gasteiger partial charge on any atom is 0.342 e. The highest BCUT2D eigenvalue weighted by Crippen LogP contribution is 2.31. The van der Waals surface area contributed by atoms with E-state index in [1.165, 1.54) is 11.8 Å². The number of hydrogen-bond acceptors (Lipinski definition) is 8. The lowest BCUT2D eigenvalue weighted by Gasteiger charge is -2.41. The Labute approximate surface area is 208 Å². The number of amides is 1. The summed E-state index contributed by atoms with van der Waals surface area (Å²) in [4.78, 5) is 29.8. The summed E-state index contributed by atoms with van der Waals surface area (Å²) >= 11 is 6.16. The minimum Gasteiger partial charge on any atom is -0.495 e. The van der Waals surface area contributed by atoms with Crippen molar-refractivity contribution in [3.8, 4) is 17.1 Å². The number of nitrogens with zero attached hydrogens (tertiary/aromatic N) is 5. The molecule has 1 saturated heterocycles. The summed E-state index contributed by atoms with van der Waals surface area (Å²) in [5, 5.41) is 9.05. The van der Waals surface area contributed by atoms with E-state index in [0.29, 0.717) is 53.2 Å². The number of piperazine rings is 1. The van der Waals surface area contributed by atoms with Crippen LogP contribution in [0, 0.1) is 13.8 Å². The van der Waals surface area contributed by atoms with Crippen LogP contribution in [-0.4, -0.2) is 71.6 Å². The number of aromatic nitrogens is 3. The first-order chi connectivity index (χ1) is 16.7. The van der Waals surface area contributed by atoms with Gasteiger partial charge in [-0.1, -0.05) is 16.8 Å². The molecule has 35 heavy (non-hydrogen) atoms. The number of anilines is 1. The molecule has 1 fully saturated rings. The Morgan fingerprint density at radius 1 is 1.20 bits per heavy atom. The third-order valence-corrected chi connectivity index (χ3v) is 6.51. The second-order valence-corrected chi connectivity index (χ2v) is 8.89. The predicted octanol–water partition coefficient (Wildman–Crippen LogP) is 3.34. The first-order valence-corrected chi connectivity index (χ1v) is 11.6. The Hall–Kier alpha value is -3.53. The number of methoxy groups -OCH3 is 2. The van der Waals surface area contributed by atoms with Crippen molar-refractivity contribution in [1.29, 1.82) is 0 Å². The Morgan fingerprint density at radius 3 is 2.60 bits per heavy atom. The summed E-state index contributed by atoms with van der Waals surface area (Å²) < 4.78 is 17.0. The number of rotatable bonds is 6. The first kappa shape index (κ1) is 24.6. The van der Waals surface area contributed by atoms with Gasteiger partial charge in [-0.3, -0.25) is 9.48 Å². The van der Waals surface area contributed by atoms with Gasteiger partial charge in [0, 0.05) is 43.5 Å². The van der Waals surface area contributed by atoms with Gasteiger partial charge < -0.3 is 23.8 Å². The summed E-state index contributed by atoms with van der Waals surface area (Å²) in [5.74, 6) is 0.570. The molecule has 1 aromatic carbocycles. The normalized spacial score (nSPS) is 15.9. The average Bonchev–Trinajstić information content (AvgIpc) is 3.41. The molecule has 186 valence electrons. The molecular formula is C24H28ClN5O5. The third-order valence-electron chi connectivity index (χ3n) is 6.20. The molecule has 1 unspecified atom stereocenters. The molecule has 4 rings (SSSR count). The second-order valence-electron chi connectivity index (χ2n) is 8.48. The minimum atomic E-state index is -0.544. The van der Waals surface area contributed by atoms with Gasteiger partial charge in [-0.05, 0) is 32.9 Å². The van der Waals surface area contributed by atoms with Crippen molar-refractivity contribution in [3.63, 3.8) is 0 Å². The van der Waals surface area contributed by atoms with Gasteiger partial charge in [-0.25, -0.2) is 4.79 Å². The van der Waals surface area contributed by atoms with Crippen molar-refractivity contribution >= 4 is 29.2 Å². The van der Waals surface area contributed by atoms with Gasteiger partial charge in [-0.2, -0.15) is 5.10 Å². The third kappa shape index (κ3) is 4.84. The average molecular weight is 502 g/mol. The van der Waals surface area contributed by atoms with Crippen LogP contribution in [0.25, 0.3) is 11.4 Å². The van der Waals surface area contributed by atoms with Gasteiger partial charge in [0.2, 0.25) is 5.91 Å². The Kier molecular flexibility index (Phi) is 7.02. The summed E-state index contributed by atoms with van der Waals surface area (Å²) in [6, 6.07) is 7.32. The van der Waals surface area contributed by atoms with Crippen LogP contribution in [0.3, 0.4) is 0 Å². The van der Waals surface area contributed by atoms with Crippen molar-refractivity contribution in [2.24, 2.45) is 0 Å². The second kappa shape index (κ2) is 9.99. The zero-order valence-electron chi connectivity index (χ0n) is 20.4. The van der Waals surface area contributed by atoms with E-state index in [1.54, 1.807) is 27.0 Å². The van der Waals surface area contributed by atoms with Crippen LogP contribution in [0.5, 0.6) is 5.75 Å².